The van der Waals surface area contributed by atoms with Crippen molar-refractivity contribution in [1.82, 2.24) is 0 Å². The first kappa shape index (κ1) is 13.1. The van der Waals surface area contributed by atoms with Crippen molar-refractivity contribution < 1.29 is 4.79 Å². The molecule has 0 aromatic heterocycles. The van der Waals surface area contributed by atoms with E-state index in [0.717, 1.165) is 41.1 Å². The number of ketones is 1. The van der Waals surface area contributed by atoms with Gasteiger partial charge in [0.2, 0.25) is 0 Å². The van der Waals surface area contributed by atoms with Gasteiger partial charge >= 0.3 is 0 Å². The van der Waals surface area contributed by atoms with E-state index >= 15 is 0 Å². The maximum Gasteiger partial charge on any atom is 0.163 e. The second kappa shape index (κ2) is 5.34. The lowest BCUT2D eigenvalue weighted by atomic mass is 9.87. The van der Waals surface area contributed by atoms with Gasteiger partial charge in [-0.3, -0.25) is 4.79 Å². The maximum atomic E-state index is 12.6. The number of hydrogen-bond acceptors (Lipinski definition) is 3. The van der Waals surface area contributed by atoms with Crippen molar-refractivity contribution >= 4 is 17.2 Å². The lowest BCUT2D eigenvalue weighted by Gasteiger charge is -2.25. The highest BCUT2D eigenvalue weighted by atomic mass is 16.1. The summed E-state index contributed by atoms with van der Waals surface area (Å²) in [6, 6.07) is 18.3. The van der Waals surface area contributed by atoms with Crippen LogP contribution in [-0.2, 0) is 4.79 Å². The summed E-state index contributed by atoms with van der Waals surface area (Å²) in [6.45, 7) is 0. The fraction of sp³-hybridized carbons (Fsp3) is 0.211. The minimum atomic E-state index is -0.0832. The van der Waals surface area contributed by atoms with Gasteiger partial charge < -0.3 is 10.6 Å². The summed E-state index contributed by atoms with van der Waals surface area (Å²) in [5.74, 6) is 0.253. The van der Waals surface area contributed by atoms with E-state index in [0.29, 0.717) is 6.42 Å². The van der Waals surface area contributed by atoms with Gasteiger partial charge in [-0.2, -0.15) is 0 Å². The Morgan fingerprint density at radius 3 is 2.41 bits per heavy atom. The molecule has 0 fully saturated rings. The van der Waals surface area contributed by atoms with Gasteiger partial charge in [-0.05, 0) is 30.5 Å². The quantitative estimate of drug-likeness (QED) is 0.824. The Labute approximate surface area is 130 Å². The van der Waals surface area contributed by atoms with Gasteiger partial charge in [-0.15, -0.1) is 0 Å². The van der Waals surface area contributed by atoms with Crippen LogP contribution in [0.5, 0.6) is 0 Å². The molecule has 2 aromatic rings. The van der Waals surface area contributed by atoms with Gasteiger partial charge in [0.15, 0.2) is 5.78 Å². The second-order valence-electron chi connectivity index (χ2n) is 5.83. The lowest BCUT2D eigenvalue weighted by Crippen LogP contribution is -2.23. The number of nitrogens with one attached hydrogen (secondary N) is 2. The Balaban J connectivity index is 1.88. The molecule has 0 saturated heterocycles. The van der Waals surface area contributed by atoms with Crippen LogP contribution in [-0.4, -0.2) is 5.78 Å². The minimum Gasteiger partial charge on any atom is -0.372 e. The molecule has 2 aliphatic rings. The maximum absolute atomic E-state index is 12.6. The number of rotatable bonds is 1. The highest BCUT2D eigenvalue weighted by Gasteiger charge is 2.31. The third-order valence-corrected chi connectivity index (χ3v) is 4.39. The number of para-hydroxylation sites is 2. The topological polar surface area (TPSA) is 41.1 Å². The molecule has 0 saturated carbocycles. The van der Waals surface area contributed by atoms with Crippen molar-refractivity contribution in [2.75, 3.05) is 10.6 Å². The zero-order valence-corrected chi connectivity index (χ0v) is 12.3. The van der Waals surface area contributed by atoms with Crippen molar-refractivity contribution in [2.45, 2.75) is 25.3 Å². The molecule has 1 atom stereocenters. The fourth-order valence-corrected chi connectivity index (χ4v) is 3.33. The van der Waals surface area contributed by atoms with E-state index in [1.54, 1.807) is 0 Å². The second-order valence-corrected chi connectivity index (χ2v) is 5.83. The van der Waals surface area contributed by atoms with Crippen LogP contribution in [0, 0.1) is 0 Å². The first-order chi connectivity index (χ1) is 10.8. The fourth-order valence-electron chi connectivity index (χ4n) is 3.33. The third kappa shape index (κ3) is 2.19. The van der Waals surface area contributed by atoms with E-state index in [9.17, 15) is 4.79 Å². The zero-order valence-electron chi connectivity index (χ0n) is 12.3. The predicted octanol–water partition coefficient (Wildman–Crippen LogP) is 4.27. The Morgan fingerprint density at radius 1 is 0.864 bits per heavy atom. The summed E-state index contributed by atoms with van der Waals surface area (Å²) in [5.41, 5.74) is 5.18. The number of carbonyl (C=O) groups is 1. The van der Waals surface area contributed by atoms with E-state index in [1.165, 1.54) is 0 Å². The zero-order chi connectivity index (χ0) is 14.9. The molecule has 0 amide bonds. The first-order valence-corrected chi connectivity index (χ1v) is 7.77. The average Bonchev–Trinajstić information content (AvgIpc) is 2.73. The van der Waals surface area contributed by atoms with Crippen LogP contribution < -0.4 is 10.6 Å². The SMILES string of the molecule is O=C1CCCC2=C1[C@H](c1ccccc1)Nc1ccccc1N2. The van der Waals surface area contributed by atoms with E-state index in [-0.39, 0.29) is 11.8 Å². The lowest BCUT2D eigenvalue weighted by molar-refractivity contribution is -0.116. The molecule has 3 nitrogen and oxygen atoms in total. The number of fused-ring (bicyclic) bond motifs is 1. The van der Waals surface area contributed by atoms with Gasteiger partial charge in [0, 0.05) is 17.7 Å². The normalized spacial score (nSPS) is 20.4. The molecule has 1 heterocycles. The number of carbonyl (C=O) groups excluding carboxylic acids is 1. The molecule has 0 spiro atoms. The standard InChI is InChI=1S/C19H18N2O/c22-17-12-6-11-16-18(17)19(13-7-2-1-3-8-13)21-15-10-5-4-9-14(15)20-16/h1-5,7-10,19-21H,6,11-12H2/t19-/m0/s1. The number of anilines is 2. The largest absolute Gasteiger partial charge is 0.372 e. The Morgan fingerprint density at radius 2 is 1.59 bits per heavy atom. The Bertz CT molecular complexity index is 749. The summed E-state index contributed by atoms with van der Waals surface area (Å²) in [5, 5.41) is 7.05. The van der Waals surface area contributed by atoms with Gasteiger partial charge in [-0.1, -0.05) is 42.5 Å². The van der Waals surface area contributed by atoms with Crippen LogP contribution in [0.4, 0.5) is 11.4 Å². The van der Waals surface area contributed by atoms with E-state index in [1.807, 2.05) is 30.3 Å². The van der Waals surface area contributed by atoms with Crippen LogP contribution in [0.25, 0.3) is 0 Å². The van der Waals surface area contributed by atoms with Gasteiger partial charge in [0.1, 0.15) is 0 Å². The Hall–Kier alpha value is -2.55. The van der Waals surface area contributed by atoms with Crippen molar-refractivity contribution in [3.05, 3.63) is 71.4 Å². The molecule has 1 aliphatic heterocycles. The molecule has 0 radical (unpaired) electrons. The van der Waals surface area contributed by atoms with Crippen LogP contribution in [0.1, 0.15) is 30.9 Å². The van der Waals surface area contributed by atoms with Gasteiger partial charge in [-0.25, -0.2) is 0 Å². The predicted molar refractivity (Wildman–Crippen MR) is 88.8 cm³/mol. The average molecular weight is 290 g/mol. The highest BCUT2D eigenvalue weighted by Crippen LogP contribution is 2.40. The molecule has 1 aliphatic carbocycles. The van der Waals surface area contributed by atoms with E-state index in [2.05, 4.69) is 34.9 Å². The summed E-state index contributed by atoms with van der Waals surface area (Å²) < 4.78 is 0. The Kier molecular flexibility index (Phi) is 3.19. The smallest absolute Gasteiger partial charge is 0.163 e. The van der Waals surface area contributed by atoms with Gasteiger partial charge in [0.05, 0.1) is 17.4 Å². The molecular formula is C19H18N2O. The summed E-state index contributed by atoms with van der Waals surface area (Å²) in [7, 11) is 0. The van der Waals surface area contributed by atoms with Crippen molar-refractivity contribution in [3.8, 4) is 0 Å². The van der Waals surface area contributed by atoms with Crippen LogP contribution in [0.3, 0.4) is 0 Å². The van der Waals surface area contributed by atoms with Crippen LogP contribution >= 0.6 is 0 Å². The number of allylic oxidation sites excluding steroid dienone is 1. The molecule has 3 heteroatoms. The number of benzene rings is 2. The van der Waals surface area contributed by atoms with Crippen LogP contribution in [0.2, 0.25) is 0 Å². The van der Waals surface area contributed by atoms with Crippen molar-refractivity contribution in [1.29, 1.82) is 0 Å². The molecule has 4 rings (SSSR count). The van der Waals surface area contributed by atoms with Crippen LogP contribution in [0.15, 0.2) is 65.9 Å². The molecule has 110 valence electrons. The molecule has 2 N–H and O–H groups in total. The van der Waals surface area contributed by atoms with E-state index in [4.69, 9.17) is 0 Å². The molecule has 2 aromatic carbocycles. The van der Waals surface area contributed by atoms with Gasteiger partial charge in [0.25, 0.3) is 0 Å². The highest BCUT2D eigenvalue weighted by molar-refractivity contribution is 6.00. The summed E-state index contributed by atoms with van der Waals surface area (Å²) in [4.78, 5) is 12.6. The molecular weight excluding hydrogens is 272 g/mol. The molecule has 0 unspecified atom stereocenters. The van der Waals surface area contributed by atoms with Crippen molar-refractivity contribution in [2.24, 2.45) is 0 Å². The third-order valence-electron chi connectivity index (χ3n) is 4.39. The molecule has 22 heavy (non-hydrogen) atoms. The summed E-state index contributed by atoms with van der Waals surface area (Å²) in [6.07, 6.45) is 2.50. The minimum absolute atomic E-state index is 0.0832. The number of hydrogen-bond donors (Lipinski definition) is 2. The van der Waals surface area contributed by atoms with E-state index < -0.39 is 0 Å². The first-order valence-electron chi connectivity index (χ1n) is 7.77. The summed E-state index contributed by atoms with van der Waals surface area (Å²) >= 11 is 0. The molecule has 0 bridgehead atoms. The van der Waals surface area contributed by atoms with Crippen molar-refractivity contribution in [3.63, 3.8) is 0 Å². The number of Topliss-reactive ketones (excluding diaryl/α,β-unsaturated/α-hetero) is 1. The monoisotopic (exact) mass is 290 g/mol.